The van der Waals surface area contributed by atoms with Crippen LogP contribution in [0, 0.1) is 0 Å². The van der Waals surface area contributed by atoms with Crippen molar-refractivity contribution in [3.63, 3.8) is 0 Å². The van der Waals surface area contributed by atoms with E-state index in [0.29, 0.717) is 13.2 Å². The van der Waals surface area contributed by atoms with Gasteiger partial charge in [0.15, 0.2) is 0 Å². The Morgan fingerprint density at radius 3 is 2.88 bits per heavy atom. The molecule has 0 amide bonds. The van der Waals surface area contributed by atoms with E-state index in [0.717, 1.165) is 24.3 Å². The fraction of sp³-hybridized carbons (Fsp3) is 0.538. The van der Waals surface area contributed by atoms with Gasteiger partial charge in [0.25, 0.3) is 0 Å². The van der Waals surface area contributed by atoms with Crippen molar-refractivity contribution in [1.29, 1.82) is 0 Å². The minimum absolute atomic E-state index is 0.467. The van der Waals surface area contributed by atoms with Crippen LogP contribution in [0.2, 0.25) is 0 Å². The predicted molar refractivity (Wildman–Crippen MR) is 65.7 cm³/mol. The molecule has 90 valence electrons. The van der Waals surface area contributed by atoms with E-state index in [4.69, 9.17) is 4.74 Å². The highest BCUT2D eigenvalue weighted by atomic mass is 16.5. The number of likely N-dealkylation sites (N-methyl/N-ethyl adjacent to an activating group) is 1. The molecule has 0 aliphatic carbocycles. The summed E-state index contributed by atoms with van der Waals surface area (Å²) in [4.78, 5) is 0. The summed E-state index contributed by atoms with van der Waals surface area (Å²) < 4.78 is 5.52. The fourth-order valence-corrected chi connectivity index (χ4v) is 1.43. The van der Waals surface area contributed by atoms with Gasteiger partial charge in [-0.05, 0) is 30.7 Å². The number of hydrogen-bond donors (Lipinski definition) is 2. The van der Waals surface area contributed by atoms with Crippen LogP contribution in [0.4, 0.5) is 0 Å². The SMILES string of the molecule is CCCOc1cccc(C(O)CNCC)c1. The summed E-state index contributed by atoms with van der Waals surface area (Å²) in [5.74, 6) is 0.829. The minimum Gasteiger partial charge on any atom is -0.494 e. The summed E-state index contributed by atoms with van der Waals surface area (Å²) in [5.41, 5.74) is 0.898. The van der Waals surface area contributed by atoms with Crippen LogP contribution in [0.1, 0.15) is 31.9 Å². The maximum absolute atomic E-state index is 9.88. The maximum Gasteiger partial charge on any atom is 0.119 e. The molecule has 0 heterocycles. The summed E-state index contributed by atoms with van der Waals surface area (Å²) in [7, 11) is 0. The zero-order chi connectivity index (χ0) is 11.8. The molecule has 0 aromatic heterocycles. The average Bonchev–Trinajstić information content (AvgIpc) is 2.33. The third-order valence-electron chi connectivity index (χ3n) is 2.30. The number of ether oxygens (including phenoxy) is 1. The van der Waals surface area contributed by atoms with Gasteiger partial charge < -0.3 is 15.2 Å². The van der Waals surface area contributed by atoms with Crippen molar-refractivity contribution in [3.8, 4) is 5.75 Å². The van der Waals surface area contributed by atoms with Crippen LogP contribution < -0.4 is 10.1 Å². The minimum atomic E-state index is -0.467. The molecular weight excluding hydrogens is 202 g/mol. The van der Waals surface area contributed by atoms with Crippen LogP contribution in [0.5, 0.6) is 5.75 Å². The third-order valence-corrected chi connectivity index (χ3v) is 2.30. The Bertz CT molecular complexity index is 302. The first kappa shape index (κ1) is 13.0. The van der Waals surface area contributed by atoms with Gasteiger partial charge in [0.1, 0.15) is 5.75 Å². The van der Waals surface area contributed by atoms with Gasteiger partial charge in [-0.15, -0.1) is 0 Å². The molecule has 3 nitrogen and oxygen atoms in total. The molecule has 1 aromatic rings. The van der Waals surface area contributed by atoms with Gasteiger partial charge in [-0.25, -0.2) is 0 Å². The highest BCUT2D eigenvalue weighted by molar-refractivity contribution is 5.30. The van der Waals surface area contributed by atoms with Crippen LogP contribution in [0.25, 0.3) is 0 Å². The van der Waals surface area contributed by atoms with Crippen LogP contribution in [0.3, 0.4) is 0 Å². The average molecular weight is 223 g/mol. The fourth-order valence-electron chi connectivity index (χ4n) is 1.43. The van der Waals surface area contributed by atoms with E-state index in [2.05, 4.69) is 12.2 Å². The molecular formula is C13H21NO2. The van der Waals surface area contributed by atoms with E-state index >= 15 is 0 Å². The van der Waals surface area contributed by atoms with Crippen LogP contribution in [-0.4, -0.2) is 24.8 Å². The predicted octanol–water partition coefficient (Wildman–Crippen LogP) is 2.12. The normalized spacial score (nSPS) is 12.4. The van der Waals surface area contributed by atoms with Crippen molar-refractivity contribution in [2.75, 3.05) is 19.7 Å². The first-order valence-electron chi connectivity index (χ1n) is 5.89. The second-order valence-electron chi connectivity index (χ2n) is 3.74. The molecule has 0 bridgehead atoms. The van der Waals surface area contributed by atoms with Crippen molar-refractivity contribution >= 4 is 0 Å². The third kappa shape index (κ3) is 4.21. The van der Waals surface area contributed by atoms with Gasteiger partial charge in [-0.2, -0.15) is 0 Å². The number of benzene rings is 1. The Kier molecular flexibility index (Phi) is 5.90. The number of hydrogen-bond acceptors (Lipinski definition) is 3. The van der Waals surface area contributed by atoms with Gasteiger partial charge in [0, 0.05) is 6.54 Å². The Morgan fingerprint density at radius 1 is 1.38 bits per heavy atom. The van der Waals surface area contributed by atoms with E-state index in [1.165, 1.54) is 0 Å². The standard InChI is InChI=1S/C13H21NO2/c1-3-8-16-12-7-5-6-11(9-12)13(15)10-14-4-2/h5-7,9,13-15H,3-4,8,10H2,1-2H3. The Morgan fingerprint density at radius 2 is 2.19 bits per heavy atom. The lowest BCUT2D eigenvalue weighted by Gasteiger charge is -2.13. The van der Waals surface area contributed by atoms with Gasteiger partial charge >= 0.3 is 0 Å². The summed E-state index contributed by atoms with van der Waals surface area (Å²) in [6.45, 7) is 6.25. The van der Waals surface area contributed by atoms with E-state index in [1.807, 2.05) is 31.2 Å². The van der Waals surface area contributed by atoms with Gasteiger partial charge in [0.2, 0.25) is 0 Å². The smallest absolute Gasteiger partial charge is 0.119 e. The van der Waals surface area contributed by atoms with E-state index < -0.39 is 6.10 Å². The topological polar surface area (TPSA) is 41.5 Å². The van der Waals surface area contributed by atoms with Crippen LogP contribution in [0.15, 0.2) is 24.3 Å². The van der Waals surface area contributed by atoms with Crippen molar-refractivity contribution < 1.29 is 9.84 Å². The van der Waals surface area contributed by atoms with Crippen molar-refractivity contribution in [2.24, 2.45) is 0 Å². The highest BCUT2D eigenvalue weighted by Crippen LogP contribution is 2.19. The molecule has 1 atom stereocenters. The number of rotatable bonds is 7. The molecule has 3 heteroatoms. The first-order valence-corrected chi connectivity index (χ1v) is 5.89. The first-order chi connectivity index (χ1) is 7.77. The molecule has 16 heavy (non-hydrogen) atoms. The molecule has 0 spiro atoms. The molecule has 0 aliphatic rings. The number of nitrogens with one attached hydrogen (secondary N) is 1. The maximum atomic E-state index is 9.88. The Balaban J connectivity index is 2.58. The largest absolute Gasteiger partial charge is 0.494 e. The van der Waals surface area contributed by atoms with E-state index in [1.54, 1.807) is 0 Å². The van der Waals surface area contributed by atoms with Crippen LogP contribution in [-0.2, 0) is 0 Å². The monoisotopic (exact) mass is 223 g/mol. The van der Waals surface area contributed by atoms with Crippen molar-refractivity contribution in [2.45, 2.75) is 26.4 Å². The van der Waals surface area contributed by atoms with Gasteiger partial charge in [-0.3, -0.25) is 0 Å². The molecule has 0 saturated heterocycles. The zero-order valence-corrected chi connectivity index (χ0v) is 10.1. The highest BCUT2D eigenvalue weighted by Gasteiger charge is 2.07. The molecule has 0 radical (unpaired) electrons. The molecule has 1 aromatic carbocycles. The lowest BCUT2D eigenvalue weighted by atomic mass is 10.1. The van der Waals surface area contributed by atoms with Crippen LogP contribution >= 0.6 is 0 Å². The summed E-state index contributed by atoms with van der Waals surface area (Å²) in [6.07, 6.45) is 0.523. The van der Waals surface area contributed by atoms with Crippen molar-refractivity contribution in [1.82, 2.24) is 5.32 Å². The lowest BCUT2D eigenvalue weighted by Crippen LogP contribution is -2.20. The van der Waals surface area contributed by atoms with Crippen molar-refractivity contribution in [3.05, 3.63) is 29.8 Å². The second-order valence-corrected chi connectivity index (χ2v) is 3.74. The molecule has 1 unspecified atom stereocenters. The van der Waals surface area contributed by atoms with Gasteiger partial charge in [-0.1, -0.05) is 26.0 Å². The summed E-state index contributed by atoms with van der Waals surface area (Å²) >= 11 is 0. The number of aliphatic hydroxyl groups excluding tert-OH is 1. The second kappa shape index (κ2) is 7.25. The zero-order valence-electron chi connectivity index (χ0n) is 10.1. The quantitative estimate of drug-likeness (QED) is 0.744. The van der Waals surface area contributed by atoms with E-state index in [-0.39, 0.29) is 0 Å². The number of aliphatic hydroxyl groups is 1. The lowest BCUT2D eigenvalue weighted by molar-refractivity contribution is 0.175. The Labute approximate surface area is 97.4 Å². The Hall–Kier alpha value is -1.06. The molecule has 0 saturated carbocycles. The molecule has 0 fully saturated rings. The van der Waals surface area contributed by atoms with E-state index in [9.17, 15) is 5.11 Å². The molecule has 2 N–H and O–H groups in total. The molecule has 1 rings (SSSR count). The van der Waals surface area contributed by atoms with Gasteiger partial charge in [0.05, 0.1) is 12.7 Å². The molecule has 0 aliphatic heterocycles. The summed E-state index contributed by atoms with van der Waals surface area (Å²) in [5, 5.41) is 13.0. The summed E-state index contributed by atoms with van der Waals surface area (Å²) in [6, 6.07) is 7.65.